The van der Waals surface area contributed by atoms with Crippen molar-refractivity contribution in [3.63, 3.8) is 0 Å². The molecule has 0 saturated carbocycles. The van der Waals surface area contributed by atoms with Crippen LogP contribution in [0.1, 0.15) is 15.9 Å². The molecule has 1 aliphatic rings. The first kappa shape index (κ1) is 14.6. The minimum atomic E-state index is 0.0684. The Kier molecular flexibility index (Phi) is 4.71. The van der Waals surface area contributed by atoms with Crippen LogP contribution < -0.4 is 4.74 Å². The highest BCUT2D eigenvalue weighted by atomic mass is 16.5. The number of morpholine rings is 1. The Morgan fingerprint density at radius 3 is 2.36 bits per heavy atom. The van der Waals surface area contributed by atoms with Gasteiger partial charge in [0, 0.05) is 18.7 Å². The molecule has 4 nitrogen and oxygen atoms in total. The van der Waals surface area contributed by atoms with E-state index in [0.717, 1.165) is 11.3 Å². The van der Waals surface area contributed by atoms with Gasteiger partial charge < -0.3 is 14.4 Å². The van der Waals surface area contributed by atoms with Crippen LogP contribution in [0.4, 0.5) is 0 Å². The molecule has 0 aliphatic carbocycles. The second-order valence-electron chi connectivity index (χ2n) is 5.20. The molecule has 114 valence electrons. The number of rotatable bonds is 4. The third-order valence-electron chi connectivity index (χ3n) is 3.65. The normalized spacial score (nSPS) is 14.6. The van der Waals surface area contributed by atoms with Crippen molar-refractivity contribution in [3.05, 3.63) is 65.7 Å². The number of hydrogen-bond acceptors (Lipinski definition) is 3. The molecular weight excluding hydrogens is 278 g/mol. The second-order valence-corrected chi connectivity index (χ2v) is 5.20. The fraction of sp³-hybridized carbons (Fsp3) is 0.278. The fourth-order valence-corrected chi connectivity index (χ4v) is 2.38. The van der Waals surface area contributed by atoms with Gasteiger partial charge in [-0.25, -0.2) is 0 Å². The van der Waals surface area contributed by atoms with Gasteiger partial charge in [-0.05, 0) is 29.8 Å². The summed E-state index contributed by atoms with van der Waals surface area (Å²) in [5.41, 5.74) is 1.76. The molecule has 2 aromatic rings. The van der Waals surface area contributed by atoms with E-state index in [1.54, 1.807) is 0 Å². The van der Waals surface area contributed by atoms with Gasteiger partial charge in [-0.2, -0.15) is 0 Å². The van der Waals surface area contributed by atoms with E-state index in [4.69, 9.17) is 9.47 Å². The van der Waals surface area contributed by atoms with E-state index in [0.29, 0.717) is 38.5 Å². The first-order chi connectivity index (χ1) is 10.8. The highest BCUT2D eigenvalue weighted by molar-refractivity contribution is 5.94. The number of amides is 1. The third kappa shape index (κ3) is 3.65. The molecule has 0 bridgehead atoms. The van der Waals surface area contributed by atoms with Gasteiger partial charge in [0.2, 0.25) is 0 Å². The van der Waals surface area contributed by atoms with Gasteiger partial charge in [0.05, 0.1) is 13.2 Å². The van der Waals surface area contributed by atoms with Gasteiger partial charge >= 0.3 is 0 Å². The van der Waals surface area contributed by atoms with Crippen molar-refractivity contribution in [1.82, 2.24) is 4.90 Å². The lowest BCUT2D eigenvalue weighted by Crippen LogP contribution is -2.40. The van der Waals surface area contributed by atoms with Crippen molar-refractivity contribution in [2.24, 2.45) is 0 Å². The molecule has 1 aliphatic heterocycles. The number of para-hydroxylation sites is 1. The zero-order valence-electron chi connectivity index (χ0n) is 12.4. The summed E-state index contributed by atoms with van der Waals surface area (Å²) in [6.45, 7) is 3.06. The van der Waals surface area contributed by atoms with Crippen molar-refractivity contribution in [3.8, 4) is 5.75 Å². The van der Waals surface area contributed by atoms with E-state index in [9.17, 15) is 4.79 Å². The van der Waals surface area contributed by atoms with Gasteiger partial charge in [0.1, 0.15) is 12.4 Å². The van der Waals surface area contributed by atoms with Gasteiger partial charge in [0.15, 0.2) is 0 Å². The van der Waals surface area contributed by atoms with Crippen LogP contribution in [0.25, 0.3) is 0 Å². The molecule has 1 heterocycles. The van der Waals surface area contributed by atoms with Gasteiger partial charge in [-0.1, -0.05) is 30.3 Å². The van der Waals surface area contributed by atoms with Gasteiger partial charge in [-0.3, -0.25) is 4.79 Å². The fourth-order valence-electron chi connectivity index (χ4n) is 2.38. The number of benzene rings is 2. The lowest BCUT2D eigenvalue weighted by atomic mass is 10.1. The molecular formula is C18H19NO3. The van der Waals surface area contributed by atoms with Crippen LogP contribution in [0, 0.1) is 0 Å². The van der Waals surface area contributed by atoms with E-state index in [2.05, 4.69) is 0 Å². The summed E-state index contributed by atoms with van der Waals surface area (Å²) in [5.74, 6) is 0.912. The predicted octanol–water partition coefficient (Wildman–Crippen LogP) is 2.74. The van der Waals surface area contributed by atoms with Crippen LogP contribution in [0.3, 0.4) is 0 Å². The predicted molar refractivity (Wildman–Crippen MR) is 83.9 cm³/mol. The van der Waals surface area contributed by atoms with E-state index in [1.165, 1.54) is 0 Å². The van der Waals surface area contributed by atoms with Crippen LogP contribution in [0.5, 0.6) is 5.75 Å². The smallest absolute Gasteiger partial charge is 0.254 e. The number of carbonyl (C=O) groups excluding carboxylic acids is 1. The van der Waals surface area contributed by atoms with E-state index >= 15 is 0 Å². The molecule has 1 fully saturated rings. The molecule has 22 heavy (non-hydrogen) atoms. The van der Waals surface area contributed by atoms with Gasteiger partial charge in [-0.15, -0.1) is 0 Å². The molecule has 0 aromatic heterocycles. The van der Waals surface area contributed by atoms with Crippen molar-refractivity contribution in [2.45, 2.75) is 6.61 Å². The van der Waals surface area contributed by atoms with Crippen LogP contribution in [-0.4, -0.2) is 37.1 Å². The summed E-state index contributed by atoms with van der Waals surface area (Å²) in [7, 11) is 0. The van der Waals surface area contributed by atoms with E-state index < -0.39 is 0 Å². The summed E-state index contributed by atoms with van der Waals surface area (Å²) in [6, 6.07) is 17.3. The van der Waals surface area contributed by atoms with Crippen LogP contribution in [0.2, 0.25) is 0 Å². The molecule has 2 aromatic carbocycles. The molecule has 4 heteroatoms. The monoisotopic (exact) mass is 297 g/mol. The minimum Gasteiger partial charge on any atom is -0.489 e. The summed E-state index contributed by atoms with van der Waals surface area (Å²) in [4.78, 5) is 14.2. The molecule has 0 spiro atoms. The average Bonchev–Trinajstić information content (AvgIpc) is 2.61. The quantitative estimate of drug-likeness (QED) is 0.871. The maximum atomic E-state index is 12.3. The van der Waals surface area contributed by atoms with Crippen molar-refractivity contribution in [1.29, 1.82) is 0 Å². The maximum absolute atomic E-state index is 12.3. The summed E-state index contributed by atoms with van der Waals surface area (Å²) >= 11 is 0. The zero-order valence-corrected chi connectivity index (χ0v) is 12.4. The zero-order chi connectivity index (χ0) is 15.2. The topological polar surface area (TPSA) is 38.8 Å². The summed E-state index contributed by atoms with van der Waals surface area (Å²) in [6.07, 6.45) is 0. The number of carbonyl (C=O) groups is 1. The second kappa shape index (κ2) is 7.09. The Bertz CT molecular complexity index is 604. The molecule has 0 unspecified atom stereocenters. The molecule has 1 saturated heterocycles. The number of ether oxygens (including phenoxy) is 2. The maximum Gasteiger partial charge on any atom is 0.254 e. The summed E-state index contributed by atoms with van der Waals surface area (Å²) in [5, 5.41) is 0. The van der Waals surface area contributed by atoms with Crippen molar-refractivity contribution < 1.29 is 14.3 Å². The van der Waals surface area contributed by atoms with Crippen molar-refractivity contribution >= 4 is 5.91 Å². The molecule has 0 N–H and O–H groups in total. The molecule has 0 radical (unpaired) electrons. The Morgan fingerprint density at radius 1 is 1.00 bits per heavy atom. The Balaban J connectivity index is 1.59. The Morgan fingerprint density at radius 2 is 1.68 bits per heavy atom. The van der Waals surface area contributed by atoms with Crippen molar-refractivity contribution in [2.75, 3.05) is 26.3 Å². The Labute approximate surface area is 130 Å². The highest BCUT2D eigenvalue weighted by Gasteiger charge is 2.18. The lowest BCUT2D eigenvalue weighted by molar-refractivity contribution is 0.0303. The van der Waals surface area contributed by atoms with Crippen LogP contribution in [-0.2, 0) is 11.3 Å². The van der Waals surface area contributed by atoms with E-state index in [1.807, 2.05) is 59.5 Å². The standard InChI is InChI=1S/C18H19NO3/c20-18(19-10-12-21-13-11-19)16-8-6-15(7-9-16)14-22-17-4-2-1-3-5-17/h1-9H,10-14H2. The largest absolute Gasteiger partial charge is 0.489 e. The van der Waals surface area contributed by atoms with Gasteiger partial charge in [0.25, 0.3) is 5.91 Å². The first-order valence-electron chi connectivity index (χ1n) is 7.47. The molecule has 1 amide bonds. The number of nitrogens with zero attached hydrogens (tertiary/aromatic N) is 1. The van der Waals surface area contributed by atoms with E-state index in [-0.39, 0.29) is 5.91 Å². The average molecular weight is 297 g/mol. The van der Waals surface area contributed by atoms with Crippen LogP contribution >= 0.6 is 0 Å². The summed E-state index contributed by atoms with van der Waals surface area (Å²) < 4.78 is 11.0. The minimum absolute atomic E-state index is 0.0684. The molecule has 3 rings (SSSR count). The Hall–Kier alpha value is -2.33. The van der Waals surface area contributed by atoms with Crippen LogP contribution in [0.15, 0.2) is 54.6 Å². The third-order valence-corrected chi connectivity index (χ3v) is 3.65. The number of hydrogen-bond donors (Lipinski definition) is 0. The first-order valence-corrected chi connectivity index (χ1v) is 7.47. The SMILES string of the molecule is O=C(c1ccc(COc2ccccc2)cc1)N1CCOCC1. The molecule has 0 atom stereocenters. The lowest BCUT2D eigenvalue weighted by Gasteiger charge is -2.26. The highest BCUT2D eigenvalue weighted by Crippen LogP contribution is 2.13.